The molecule has 0 aromatic heterocycles. The molecule has 0 radical (unpaired) electrons. The monoisotopic (exact) mass is 198 g/mol. The van der Waals surface area contributed by atoms with Gasteiger partial charge < -0.3 is 15.0 Å². The maximum absolute atomic E-state index is 5.43. The molecule has 0 spiro atoms. The van der Waals surface area contributed by atoms with Gasteiger partial charge in [0, 0.05) is 18.6 Å². The van der Waals surface area contributed by atoms with Crippen LogP contribution in [0.3, 0.4) is 0 Å². The summed E-state index contributed by atoms with van der Waals surface area (Å²) in [6.45, 7) is 4.02. The lowest BCUT2D eigenvalue weighted by Crippen LogP contribution is -2.45. The van der Waals surface area contributed by atoms with Crippen molar-refractivity contribution in [2.45, 2.75) is 37.8 Å². The van der Waals surface area contributed by atoms with Crippen LogP contribution in [0.1, 0.15) is 25.7 Å². The molecular weight excluding hydrogens is 176 g/mol. The fourth-order valence-corrected chi connectivity index (χ4v) is 2.17. The molecule has 1 N–H and O–H groups in total. The predicted octanol–water partition coefficient (Wildman–Crippen LogP) is 0.849. The van der Waals surface area contributed by atoms with Crippen LogP contribution in [-0.4, -0.2) is 50.3 Å². The van der Waals surface area contributed by atoms with Gasteiger partial charge in [0.15, 0.2) is 0 Å². The molecule has 1 saturated carbocycles. The lowest BCUT2D eigenvalue weighted by molar-refractivity contribution is 0.0659. The first kappa shape index (κ1) is 10.4. The Balaban J connectivity index is 1.60. The van der Waals surface area contributed by atoms with Crippen molar-refractivity contribution in [1.29, 1.82) is 0 Å². The Kier molecular flexibility index (Phi) is 3.79. The van der Waals surface area contributed by atoms with Crippen molar-refractivity contribution >= 4 is 0 Å². The first-order chi connectivity index (χ1) is 6.86. The summed E-state index contributed by atoms with van der Waals surface area (Å²) in [5.74, 6) is 0. The van der Waals surface area contributed by atoms with E-state index in [9.17, 15) is 0 Å². The van der Waals surface area contributed by atoms with E-state index in [1.807, 2.05) is 0 Å². The Morgan fingerprint density at radius 2 is 2.29 bits per heavy atom. The Bertz CT molecular complexity index is 163. The molecule has 1 saturated heterocycles. The topological polar surface area (TPSA) is 24.5 Å². The highest BCUT2D eigenvalue weighted by atomic mass is 16.5. The van der Waals surface area contributed by atoms with Crippen molar-refractivity contribution in [3.05, 3.63) is 0 Å². The molecule has 14 heavy (non-hydrogen) atoms. The van der Waals surface area contributed by atoms with Crippen LogP contribution in [0, 0.1) is 0 Å². The van der Waals surface area contributed by atoms with Gasteiger partial charge in [-0.15, -0.1) is 0 Å². The van der Waals surface area contributed by atoms with Gasteiger partial charge in [-0.05, 0) is 32.9 Å². The third kappa shape index (κ3) is 2.69. The number of ether oxygens (including phenoxy) is 1. The minimum absolute atomic E-state index is 0.589. The molecule has 3 heteroatoms. The number of rotatable bonds is 4. The number of hydrogen-bond donors (Lipinski definition) is 1. The summed E-state index contributed by atoms with van der Waals surface area (Å²) in [6, 6.07) is 1.46. The summed E-state index contributed by atoms with van der Waals surface area (Å²) in [5, 5.41) is 3.50. The summed E-state index contributed by atoms with van der Waals surface area (Å²) in [7, 11) is 2.26. The van der Waals surface area contributed by atoms with Crippen molar-refractivity contribution < 1.29 is 4.74 Å². The van der Waals surface area contributed by atoms with Gasteiger partial charge in [0.2, 0.25) is 0 Å². The SMILES string of the molecule is CN(CCC1COCCN1)C1CCC1. The van der Waals surface area contributed by atoms with Crippen LogP contribution in [0.4, 0.5) is 0 Å². The second kappa shape index (κ2) is 5.10. The number of morpholine rings is 1. The maximum atomic E-state index is 5.43. The Labute approximate surface area is 86.8 Å². The van der Waals surface area contributed by atoms with Gasteiger partial charge in [-0.25, -0.2) is 0 Å². The molecule has 3 nitrogen and oxygen atoms in total. The van der Waals surface area contributed by atoms with Crippen LogP contribution in [0.5, 0.6) is 0 Å². The van der Waals surface area contributed by atoms with Crippen molar-refractivity contribution in [3.8, 4) is 0 Å². The summed E-state index contributed by atoms with van der Waals surface area (Å²) < 4.78 is 5.43. The average molecular weight is 198 g/mol. The van der Waals surface area contributed by atoms with E-state index in [1.54, 1.807) is 0 Å². The molecule has 1 unspecified atom stereocenters. The largest absolute Gasteiger partial charge is 0.379 e. The highest BCUT2D eigenvalue weighted by Gasteiger charge is 2.22. The minimum Gasteiger partial charge on any atom is -0.379 e. The lowest BCUT2D eigenvalue weighted by Gasteiger charge is -2.36. The maximum Gasteiger partial charge on any atom is 0.0620 e. The van der Waals surface area contributed by atoms with Crippen LogP contribution in [0.25, 0.3) is 0 Å². The van der Waals surface area contributed by atoms with Gasteiger partial charge in [0.25, 0.3) is 0 Å². The van der Waals surface area contributed by atoms with E-state index in [4.69, 9.17) is 4.74 Å². The van der Waals surface area contributed by atoms with E-state index >= 15 is 0 Å². The van der Waals surface area contributed by atoms with E-state index in [0.717, 1.165) is 25.8 Å². The predicted molar refractivity (Wildman–Crippen MR) is 57.5 cm³/mol. The second-order valence-corrected chi connectivity index (χ2v) is 4.58. The third-order valence-corrected chi connectivity index (χ3v) is 3.53. The number of nitrogens with zero attached hydrogens (tertiary/aromatic N) is 1. The first-order valence-corrected chi connectivity index (χ1v) is 5.87. The van der Waals surface area contributed by atoms with Crippen LogP contribution < -0.4 is 5.32 Å². The fourth-order valence-electron chi connectivity index (χ4n) is 2.17. The highest BCUT2D eigenvalue weighted by molar-refractivity contribution is 4.79. The lowest BCUT2D eigenvalue weighted by atomic mass is 9.91. The zero-order valence-corrected chi connectivity index (χ0v) is 9.17. The van der Waals surface area contributed by atoms with Crippen LogP contribution in [-0.2, 0) is 4.74 Å². The zero-order chi connectivity index (χ0) is 9.80. The van der Waals surface area contributed by atoms with Crippen molar-refractivity contribution in [1.82, 2.24) is 10.2 Å². The number of nitrogens with one attached hydrogen (secondary N) is 1. The Morgan fingerprint density at radius 3 is 2.86 bits per heavy atom. The third-order valence-electron chi connectivity index (χ3n) is 3.53. The van der Waals surface area contributed by atoms with Gasteiger partial charge >= 0.3 is 0 Å². The van der Waals surface area contributed by atoms with Gasteiger partial charge in [-0.3, -0.25) is 0 Å². The molecule has 1 aliphatic heterocycles. The van der Waals surface area contributed by atoms with Gasteiger partial charge in [0.05, 0.1) is 13.2 Å². The van der Waals surface area contributed by atoms with Crippen molar-refractivity contribution in [3.63, 3.8) is 0 Å². The quantitative estimate of drug-likeness (QED) is 0.725. The molecule has 2 aliphatic rings. The van der Waals surface area contributed by atoms with Crippen molar-refractivity contribution in [2.24, 2.45) is 0 Å². The molecule has 2 fully saturated rings. The standard InChI is InChI=1S/C11H22N2O/c1-13(11-3-2-4-11)7-5-10-9-14-8-6-12-10/h10-12H,2-9H2,1H3. The molecular formula is C11H22N2O. The fraction of sp³-hybridized carbons (Fsp3) is 1.00. The first-order valence-electron chi connectivity index (χ1n) is 5.87. The molecule has 1 aliphatic carbocycles. The summed E-state index contributed by atoms with van der Waals surface area (Å²) in [4.78, 5) is 2.51. The summed E-state index contributed by atoms with van der Waals surface area (Å²) in [6.07, 6.45) is 5.48. The zero-order valence-electron chi connectivity index (χ0n) is 9.17. The van der Waals surface area contributed by atoms with Gasteiger partial charge in [-0.1, -0.05) is 6.42 Å². The average Bonchev–Trinajstić information content (AvgIpc) is 2.14. The Hall–Kier alpha value is -0.120. The van der Waals surface area contributed by atoms with E-state index in [-0.39, 0.29) is 0 Å². The van der Waals surface area contributed by atoms with Crippen LogP contribution >= 0.6 is 0 Å². The molecule has 2 rings (SSSR count). The molecule has 0 aromatic rings. The Morgan fingerprint density at radius 1 is 1.43 bits per heavy atom. The molecule has 0 aromatic carbocycles. The second-order valence-electron chi connectivity index (χ2n) is 4.58. The van der Waals surface area contributed by atoms with Crippen LogP contribution in [0.15, 0.2) is 0 Å². The van der Waals surface area contributed by atoms with Crippen molar-refractivity contribution in [2.75, 3.05) is 33.4 Å². The van der Waals surface area contributed by atoms with E-state index in [0.29, 0.717) is 6.04 Å². The smallest absolute Gasteiger partial charge is 0.0620 e. The van der Waals surface area contributed by atoms with E-state index < -0.39 is 0 Å². The van der Waals surface area contributed by atoms with Gasteiger partial charge in [-0.2, -0.15) is 0 Å². The van der Waals surface area contributed by atoms with E-state index in [1.165, 1.54) is 32.2 Å². The highest BCUT2D eigenvalue weighted by Crippen LogP contribution is 2.23. The summed E-state index contributed by atoms with van der Waals surface area (Å²) in [5.41, 5.74) is 0. The van der Waals surface area contributed by atoms with Gasteiger partial charge in [0.1, 0.15) is 0 Å². The molecule has 0 amide bonds. The molecule has 1 heterocycles. The molecule has 1 atom stereocenters. The van der Waals surface area contributed by atoms with Crippen LogP contribution in [0.2, 0.25) is 0 Å². The van der Waals surface area contributed by atoms with E-state index in [2.05, 4.69) is 17.3 Å². The number of hydrogen-bond acceptors (Lipinski definition) is 3. The molecule has 0 bridgehead atoms. The summed E-state index contributed by atoms with van der Waals surface area (Å²) >= 11 is 0. The molecule has 82 valence electrons. The normalized spacial score (nSPS) is 29.1. The minimum atomic E-state index is 0.589.